The zero-order valence-corrected chi connectivity index (χ0v) is 9.80. The number of aryl methyl sites for hydroxylation is 1. The second-order valence-corrected chi connectivity index (χ2v) is 4.67. The lowest BCUT2D eigenvalue weighted by molar-refractivity contribution is -0.136. The Kier molecular flexibility index (Phi) is 3.82. The lowest BCUT2D eigenvalue weighted by atomic mass is 10.0. The van der Waals surface area contributed by atoms with E-state index in [9.17, 15) is 4.79 Å². The van der Waals surface area contributed by atoms with Gasteiger partial charge in [-0.1, -0.05) is 6.92 Å². The predicted molar refractivity (Wildman–Crippen MR) is 59.9 cm³/mol. The van der Waals surface area contributed by atoms with E-state index in [1.165, 1.54) is 11.3 Å². The molecule has 15 heavy (non-hydrogen) atoms. The van der Waals surface area contributed by atoms with Crippen LogP contribution in [0.1, 0.15) is 37.4 Å². The molecule has 1 aromatic heterocycles. The number of carboxylic acid groups (broad SMARTS) is 1. The molecule has 1 heterocycles. The number of carbonyl (C=O) groups is 1. The zero-order chi connectivity index (χ0) is 11.5. The van der Waals surface area contributed by atoms with Crippen molar-refractivity contribution in [3.8, 4) is 0 Å². The summed E-state index contributed by atoms with van der Waals surface area (Å²) in [5.74, 6) is -0.796. The maximum absolute atomic E-state index is 10.4. The molecular formula is C10H16N2O2S. The van der Waals surface area contributed by atoms with Crippen LogP contribution in [-0.4, -0.2) is 16.1 Å². The molecule has 1 unspecified atom stereocenters. The van der Waals surface area contributed by atoms with Gasteiger partial charge in [-0.25, -0.2) is 4.98 Å². The summed E-state index contributed by atoms with van der Waals surface area (Å²) in [7, 11) is 0. The molecule has 0 aliphatic rings. The van der Waals surface area contributed by atoms with Crippen molar-refractivity contribution in [1.29, 1.82) is 0 Å². The summed E-state index contributed by atoms with van der Waals surface area (Å²) < 4.78 is 0. The molecule has 0 radical (unpaired) electrons. The van der Waals surface area contributed by atoms with Crippen LogP contribution in [0.4, 0.5) is 0 Å². The van der Waals surface area contributed by atoms with Gasteiger partial charge in [-0.3, -0.25) is 4.79 Å². The molecule has 0 saturated carbocycles. The second kappa shape index (κ2) is 4.72. The Bertz CT molecular complexity index is 347. The molecule has 0 aliphatic heterocycles. The van der Waals surface area contributed by atoms with Crippen LogP contribution in [0.5, 0.6) is 0 Å². The molecule has 1 rings (SSSR count). The van der Waals surface area contributed by atoms with Gasteiger partial charge in [-0.2, -0.15) is 0 Å². The number of aromatic nitrogens is 1. The predicted octanol–water partition coefficient (Wildman–Crippen LogP) is 1.74. The molecule has 4 nitrogen and oxygen atoms in total. The van der Waals surface area contributed by atoms with Gasteiger partial charge >= 0.3 is 5.97 Å². The van der Waals surface area contributed by atoms with Crippen LogP contribution in [-0.2, 0) is 16.8 Å². The summed E-state index contributed by atoms with van der Waals surface area (Å²) in [4.78, 5) is 14.7. The van der Waals surface area contributed by atoms with E-state index < -0.39 is 11.5 Å². The smallest absolute Gasteiger partial charge is 0.303 e. The van der Waals surface area contributed by atoms with Crippen LogP contribution in [0.25, 0.3) is 0 Å². The van der Waals surface area contributed by atoms with E-state index in [2.05, 4.69) is 4.98 Å². The third-order valence-electron chi connectivity index (χ3n) is 2.37. The van der Waals surface area contributed by atoms with Crippen LogP contribution in [0.15, 0.2) is 5.38 Å². The number of carboxylic acids is 1. The third-order valence-corrected chi connectivity index (χ3v) is 3.54. The summed E-state index contributed by atoms with van der Waals surface area (Å²) in [6.07, 6.45) is 1.42. The number of hydrogen-bond acceptors (Lipinski definition) is 4. The van der Waals surface area contributed by atoms with Crippen molar-refractivity contribution in [3.63, 3.8) is 0 Å². The van der Waals surface area contributed by atoms with E-state index in [0.29, 0.717) is 6.42 Å². The van der Waals surface area contributed by atoms with E-state index >= 15 is 0 Å². The van der Waals surface area contributed by atoms with E-state index in [4.69, 9.17) is 10.8 Å². The summed E-state index contributed by atoms with van der Waals surface area (Å²) in [5, 5.41) is 11.3. The lowest BCUT2D eigenvalue weighted by Gasteiger charge is -2.18. The first kappa shape index (κ1) is 12.1. The average molecular weight is 228 g/mol. The second-order valence-electron chi connectivity index (χ2n) is 3.81. The monoisotopic (exact) mass is 228 g/mol. The number of nitrogens with zero attached hydrogens (tertiary/aromatic N) is 1. The van der Waals surface area contributed by atoms with Gasteiger partial charge in [-0.05, 0) is 13.3 Å². The van der Waals surface area contributed by atoms with Gasteiger partial charge in [0.25, 0.3) is 0 Å². The van der Waals surface area contributed by atoms with Crippen molar-refractivity contribution in [2.75, 3.05) is 0 Å². The molecule has 0 aromatic carbocycles. The minimum absolute atomic E-state index is 0.122. The summed E-state index contributed by atoms with van der Waals surface area (Å²) in [6.45, 7) is 3.95. The lowest BCUT2D eigenvalue weighted by Crippen LogP contribution is -2.31. The van der Waals surface area contributed by atoms with E-state index in [-0.39, 0.29) is 6.42 Å². The minimum Gasteiger partial charge on any atom is -0.481 e. The standard InChI is InChI=1S/C10H16N2O2S/c1-3-10(2,11)9-12-7(6-15-9)4-5-8(13)14/h6H,3-5,11H2,1-2H3,(H,13,14). The number of aliphatic carboxylic acids is 1. The first-order valence-corrected chi connectivity index (χ1v) is 5.79. The SMILES string of the molecule is CCC(C)(N)c1nc(CCC(=O)O)cs1. The fourth-order valence-corrected chi connectivity index (χ4v) is 2.07. The number of hydrogen-bond donors (Lipinski definition) is 2. The third kappa shape index (κ3) is 3.28. The Morgan fingerprint density at radius 2 is 2.40 bits per heavy atom. The largest absolute Gasteiger partial charge is 0.481 e. The Balaban J connectivity index is 2.68. The van der Waals surface area contributed by atoms with Crippen molar-refractivity contribution in [2.45, 2.75) is 38.6 Å². The molecule has 0 aliphatic carbocycles. The minimum atomic E-state index is -0.796. The molecule has 5 heteroatoms. The molecular weight excluding hydrogens is 212 g/mol. The molecule has 0 fully saturated rings. The van der Waals surface area contributed by atoms with Crippen molar-refractivity contribution < 1.29 is 9.90 Å². The van der Waals surface area contributed by atoms with Crippen LogP contribution >= 0.6 is 11.3 Å². The first-order chi connectivity index (χ1) is 6.95. The Morgan fingerprint density at radius 1 is 1.73 bits per heavy atom. The highest BCUT2D eigenvalue weighted by Gasteiger charge is 2.22. The van der Waals surface area contributed by atoms with E-state index in [1.54, 1.807) is 0 Å². The van der Waals surface area contributed by atoms with Crippen molar-refractivity contribution >= 4 is 17.3 Å². The highest BCUT2D eigenvalue weighted by atomic mass is 32.1. The van der Waals surface area contributed by atoms with Gasteiger partial charge in [0.05, 0.1) is 17.7 Å². The van der Waals surface area contributed by atoms with Crippen LogP contribution in [0.2, 0.25) is 0 Å². The molecule has 0 spiro atoms. The van der Waals surface area contributed by atoms with Crippen molar-refractivity contribution in [2.24, 2.45) is 5.73 Å². The summed E-state index contributed by atoms with van der Waals surface area (Å²) in [5.41, 5.74) is 6.46. The topological polar surface area (TPSA) is 76.2 Å². The maximum Gasteiger partial charge on any atom is 0.303 e. The molecule has 84 valence electrons. The van der Waals surface area contributed by atoms with Crippen molar-refractivity contribution in [1.82, 2.24) is 4.98 Å². The summed E-state index contributed by atoms with van der Waals surface area (Å²) in [6, 6.07) is 0. The van der Waals surface area contributed by atoms with Crippen LogP contribution in [0, 0.1) is 0 Å². The van der Waals surface area contributed by atoms with Crippen LogP contribution in [0.3, 0.4) is 0 Å². The number of rotatable bonds is 5. The van der Waals surface area contributed by atoms with E-state index in [1.807, 2.05) is 19.2 Å². The van der Waals surface area contributed by atoms with Gasteiger partial charge in [0.15, 0.2) is 0 Å². The molecule has 3 N–H and O–H groups in total. The average Bonchev–Trinajstić information content (AvgIpc) is 2.63. The number of nitrogens with two attached hydrogens (primary N) is 1. The summed E-state index contributed by atoms with van der Waals surface area (Å²) >= 11 is 1.50. The highest BCUT2D eigenvalue weighted by molar-refractivity contribution is 7.09. The fourth-order valence-electron chi connectivity index (χ4n) is 1.07. The molecule has 1 atom stereocenters. The number of thiazole rings is 1. The Hall–Kier alpha value is -0.940. The first-order valence-electron chi connectivity index (χ1n) is 4.91. The van der Waals surface area contributed by atoms with Gasteiger partial charge in [0.1, 0.15) is 5.01 Å². The molecule has 0 bridgehead atoms. The van der Waals surface area contributed by atoms with E-state index in [0.717, 1.165) is 17.1 Å². The zero-order valence-electron chi connectivity index (χ0n) is 8.99. The van der Waals surface area contributed by atoms with Gasteiger partial charge in [0.2, 0.25) is 0 Å². The molecule has 0 saturated heterocycles. The Morgan fingerprint density at radius 3 is 2.93 bits per heavy atom. The van der Waals surface area contributed by atoms with Gasteiger partial charge in [0, 0.05) is 11.8 Å². The molecule has 1 aromatic rings. The molecule has 0 amide bonds. The van der Waals surface area contributed by atoms with Gasteiger partial charge in [-0.15, -0.1) is 11.3 Å². The Labute approximate surface area is 93.1 Å². The fraction of sp³-hybridized carbons (Fsp3) is 0.600. The maximum atomic E-state index is 10.4. The van der Waals surface area contributed by atoms with Crippen LogP contribution < -0.4 is 5.73 Å². The quantitative estimate of drug-likeness (QED) is 0.805. The normalized spacial score (nSPS) is 14.9. The van der Waals surface area contributed by atoms with Crippen molar-refractivity contribution in [3.05, 3.63) is 16.1 Å². The highest BCUT2D eigenvalue weighted by Crippen LogP contribution is 2.25. The van der Waals surface area contributed by atoms with Gasteiger partial charge < -0.3 is 10.8 Å².